The molecule has 130 valence electrons. The minimum absolute atomic E-state index is 0.101. The SMILES string of the molecule is COc1ccc(NC(=O)C2CC(=O)N(C3CCCC3)C2)c(OC)c1. The van der Waals surface area contributed by atoms with Crippen molar-refractivity contribution in [2.45, 2.75) is 38.1 Å². The third kappa shape index (κ3) is 3.32. The van der Waals surface area contributed by atoms with Crippen LogP contribution in [0.2, 0.25) is 0 Å². The summed E-state index contributed by atoms with van der Waals surface area (Å²) in [6, 6.07) is 5.57. The van der Waals surface area contributed by atoms with E-state index in [1.807, 2.05) is 4.90 Å². The fraction of sp³-hybridized carbons (Fsp3) is 0.556. The zero-order chi connectivity index (χ0) is 17.1. The third-order valence-corrected chi connectivity index (χ3v) is 4.96. The Bertz CT molecular complexity index is 625. The van der Waals surface area contributed by atoms with Crippen LogP contribution in [-0.2, 0) is 9.59 Å². The van der Waals surface area contributed by atoms with Gasteiger partial charge in [-0.05, 0) is 25.0 Å². The highest BCUT2D eigenvalue weighted by molar-refractivity contribution is 5.98. The zero-order valence-electron chi connectivity index (χ0n) is 14.2. The molecule has 1 atom stereocenters. The molecule has 0 radical (unpaired) electrons. The largest absolute Gasteiger partial charge is 0.497 e. The van der Waals surface area contributed by atoms with Gasteiger partial charge < -0.3 is 19.7 Å². The lowest BCUT2D eigenvalue weighted by molar-refractivity contribution is -0.129. The molecule has 1 saturated carbocycles. The quantitative estimate of drug-likeness (QED) is 0.899. The lowest BCUT2D eigenvalue weighted by Gasteiger charge is -2.24. The monoisotopic (exact) mass is 332 g/mol. The van der Waals surface area contributed by atoms with Crippen molar-refractivity contribution >= 4 is 17.5 Å². The molecular formula is C18H24N2O4. The second-order valence-electron chi connectivity index (χ2n) is 6.44. The van der Waals surface area contributed by atoms with Gasteiger partial charge >= 0.3 is 0 Å². The first-order valence-electron chi connectivity index (χ1n) is 8.44. The van der Waals surface area contributed by atoms with Crippen LogP contribution < -0.4 is 14.8 Å². The standard InChI is InChI=1S/C18H24N2O4/c1-23-14-7-8-15(16(10-14)24-2)19-18(22)12-9-17(21)20(11-12)13-5-3-4-6-13/h7-8,10,12-13H,3-6,9,11H2,1-2H3,(H,19,22). The van der Waals surface area contributed by atoms with Gasteiger partial charge in [-0.15, -0.1) is 0 Å². The van der Waals surface area contributed by atoms with E-state index in [9.17, 15) is 9.59 Å². The van der Waals surface area contributed by atoms with Crippen LogP contribution in [0.4, 0.5) is 5.69 Å². The van der Waals surface area contributed by atoms with E-state index in [-0.39, 0.29) is 17.7 Å². The van der Waals surface area contributed by atoms with Crippen LogP contribution in [0, 0.1) is 5.92 Å². The number of carbonyl (C=O) groups excluding carboxylic acids is 2. The molecule has 1 aliphatic heterocycles. The molecule has 1 saturated heterocycles. The lowest BCUT2D eigenvalue weighted by atomic mass is 10.1. The minimum atomic E-state index is -0.301. The number of methoxy groups -OCH3 is 2. The molecule has 6 heteroatoms. The Hall–Kier alpha value is -2.24. The number of hydrogen-bond donors (Lipinski definition) is 1. The van der Waals surface area contributed by atoms with E-state index in [0.717, 1.165) is 12.8 Å². The summed E-state index contributed by atoms with van der Waals surface area (Å²) >= 11 is 0. The molecule has 0 spiro atoms. The van der Waals surface area contributed by atoms with E-state index in [2.05, 4.69) is 5.32 Å². The Morgan fingerprint density at radius 1 is 1.21 bits per heavy atom. The fourth-order valence-electron chi connectivity index (χ4n) is 3.61. The van der Waals surface area contributed by atoms with Crippen molar-refractivity contribution in [1.82, 2.24) is 4.90 Å². The average molecular weight is 332 g/mol. The topological polar surface area (TPSA) is 67.9 Å². The van der Waals surface area contributed by atoms with Gasteiger partial charge in [0.1, 0.15) is 11.5 Å². The number of benzene rings is 1. The van der Waals surface area contributed by atoms with Crippen molar-refractivity contribution < 1.29 is 19.1 Å². The highest BCUT2D eigenvalue weighted by Gasteiger charge is 2.38. The number of anilines is 1. The summed E-state index contributed by atoms with van der Waals surface area (Å²) in [5, 5.41) is 2.89. The van der Waals surface area contributed by atoms with Gasteiger partial charge in [0, 0.05) is 25.1 Å². The summed E-state index contributed by atoms with van der Waals surface area (Å²) in [6.45, 7) is 0.522. The molecule has 0 bridgehead atoms. The molecule has 1 unspecified atom stereocenters. The number of amides is 2. The summed E-state index contributed by atoms with van der Waals surface area (Å²) in [5.41, 5.74) is 0.593. The van der Waals surface area contributed by atoms with Gasteiger partial charge in [0.2, 0.25) is 11.8 Å². The first-order chi connectivity index (χ1) is 11.6. The Balaban J connectivity index is 1.66. The number of likely N-dealkylation sites (tertiary alicyclic amines) is 1. The Kier molecular flexibility index (Phi) is 4.92. The number of hydrogen-bond acceptors (Lipinski definition) is 4. The van der Waals surface area contributed by atoms with Gasteiger partial charge in [-0.2, -0.15) is 0 Å². The normalized spacial score (nSPS) is 21.2. The van der Waals surface area contributed by atoms with E-state index in [0.29, 0.717) is 36.2 Å². The smallest absolute Gasteiger partial charge is 0.229 e. The van der Waals surface area contributed by atoms with Gasteiger partial charge in [0.25, 0.3) is 0 Å². The molecule has 1 aliphatic carbocycles. The molecule has 3 rings (SSSR count). The molecule has 2 aliphatic rings. The van der Waals surface area contributed by atoms with Crippen molar-refractivity contribution in [3.8, 4) is 11.5 Å². The molecule has 2 fully saturated rings. The molecule has 1 aromatic carbocycles. The molecule has 1 N–H and O–H groups in total. The van der Waals surface area contributed by atoms with Gasteiger partial charge in [-0.25, -0.2) is 0 Å². The highest BCUT2D eigenvalue weighted by Crippen LogP contribution is 2.32. The van der Waals surface area contributed by atoms with E-state index >= 15 is 0 Å². The maximum atomic E-state index is 12.6. The predicted octanol–water partition coefficient (Wildman–Crippen LogP) is 2.43. The van der Waals surface area contributed by atoms with Gasteiger partial charge in [0.05, 0.1) is 25.8 Å². The van der Waals surface area contributed by atoms with E-state index in [1.54, 1.807) is 32.4 Å². The van der Waals surface area contributed by atoms with Gasteiger partial charge in [0.15, 0.2) is 0 Å². The Labute approximate surface area is 142 Å². The predicted molar refractivity (Wildman–Crippen MR) is 90.3 cm³/mol. The van der Waals surface area contributed by atoms with Crippen molar-refractivity contribution in [2.75, 3.05) is 26.1 Å². The molecule has 1 heterocycles. The first-order valence-corrected chi connectivity index (χ1v) is 8.44. The van der Waals surface area contributed by atoms with E-state index < -0.39 is 0 Å². The molecule has 0 aromatic heterocycles. The summed E-state index contributed by atoms with van der Waals surface area (Å²) in [5.74, 6) is 0.869. The molecule has 2 amide bonds. The minimum Gasteiger partial charge on any atom is -0.497 e. The van der Waals surface area contributed by atoms with Crippen LogP contribution in [-0.4, -0.2) is 43.5 Å². The second kappa shape index (κ2) is 7.11. The van der Waals surface area contributed by atoms with Crippen molar-refractivity contribution in [1.29, 1.82) is 0 Å². The first kappa shape index (κ1) is 16.6. The molecule has 24 heavy (non-hydrogen) atoms. The number of nitrogens with zero attached hydrogens (tertiary/aromatic N) is 1. The van der Waals surface area contributed by atoms with Crippen molar-refractivity contribution in [3.63, 3.8) is 0 Å². The summed E-state index contributed by atoms with van der Waals surface area (Å²) in [6.07, 6.45) is 4.77. The Morgan fingerprint density at radius 3 is 2.62 bits per heavy atom. The highest BCUT2D eigenvalue weighted by atomic mass is 16.5. The van der Waals surface area contributed by atoms with E-state index in [1.165, 1.54) is 12.8 Å². The number of ether oxygens (including phenoxy) is 2. The van der Waals surface area contributed by atoms with Crippen molar-refractivity contribution in [3.05, 3.63) is 18.2 Å². The maximum Gasteiger partial charge on any atom is 0.229 e. The van der Waals surface area contributed by atoms with Gasteiger partial charge in [-0.1, -0.05) is 12.8 Å². The van der Waals surface area contributed by atoms with Crippen LogP contribution in [0.25, 0.3) is 0 Å². The number of nitrogens with one attached hydrogen (secondary N) is 1. The fourth-order valence-corrected chi connectivity index (χ4v) is 3.61. The third-order valence-electron chi connectivity index (χ3n) is 4.96. The zero-order valence-corrected chi connectivity index (χ0v) is 14.2. The van der Waals surface area contributed by atoms with Crippen molar-refractivity contribution in [2.24, 2.45) is 5.92 Å². The molecule has 6 nitrogen and oxygen atoms in total. The van der Waals surface area contributed by atoms with Crippen LogP contribution in [0.5, 0.6) is 11.5 Å². The second-order valence-corrected chi connectivity index (χ2v) is 6.44. The number of carbonyl (C=O) groups is 2. The molecular weight excluding hydrogens is 308 g/mol. The Morgan fingerprint density at radius 2 is 1.96 bits per heavy atom. The summed E-state index contributed by atoms with van der Waals surface area (Å²) < 4.78 is 10.5. The van der Waals surface area contributed by atoms with Crippen LogP contribution >= 0.6 is 0 Å². The van der Waals surface area contributed by atoms with Gasteiger partial charge in [-0.3, -0.25) is 9.59 Å². The average Bonchev–Trinajstić information content (AvgIpc) is 3.24. The van der Waals surface area contributed by atoms with Crippen LogP contribution in [0.15, 0.2) is 18.2 Å². The van der Waals surface area contributed by atoms with E-state index in [4.69, 9.17) is 9.47 Å². The summed E-state index contributed by atoms with van der Waals surface area (Å²) in [7, 11) is 3.13. The van der Waals surface area contributed by atoms with Crippen LogP contribution in [0.3, 0.4) is 0 Å². The molecule has 1 aromatic rings. The van der Waals surface area contributed by atoms with Crippen LogP contribution in [0.1, 0.15) is 32.1 Å². The summed E-state index contributed by atoms with van der Waals surface area (Å²) in [4.78, 5) is 26.7. The maximum absolute atomic E-state index is 12.6. The lowest BCUT2D eigenvalue weighted by Crippen LogP contribution is -2.35. The number of rotatable bonds is 5.